The zero-order valence-electron chi connectivity index (χ0n) is 24.3. The summed E-state index contributed by atoms with van der Waals surface area (Å²) in [5.41, 5.74) is 13.8. The van der Waals surface area contributed by atoms with Gasteiger partial charge >= 0.3 is 0 Å². The van der Waals surface area contributed by atoms with E-state index in [1.165, 1.54) is 71.9 Å². The van der Waals surface area contributed by atoms with Crippen molar-refractivity contribution in [3.8, 4) is 33.6 Å². The second-order valence-corrected chi connectivity index (χ2v) is 11.7. The number of para-hydroxylation sites is 1. The second-order valence-electron chi connectivity index (χ2n) is 11.7. The lowest BCUT2D eigenvalue weighted by molar-refractivity contribution is 0.966. The molecule has 1 aliphatic rings. The normalized spacial score (nSPS) is 12.7. The molecule has 0 amide bonds. The van der Waals surface area contributed by atoms with Crippen LogP contribution in [-0.2, 0) is 6.42 Å². The van der Waals surface area contributed by atoms with Gasteiger partial charge in [0.05, 0.1) is 16.6 Å². The van der Waals surface area contributed by atoms with Gasteiger partial charge in [-0.05, 0) is 95.3 Å². The number of hydrogen-bond donors (Lipinski definition) is 0. The van der Waals surface area contributed by atoms with Crippen LogP contribution < -0.4 is 0 Å². The van der Waals surface area contributed by atoms with Crippen molar-refractivity contribution in [3.63, 3.8) is 0 Å². The molecule has 0 unspecified atom stereocenters. The molecule has 2 nitrogen and oxygen atoms in total. The van der Waals surface area contributed by atoms with Crippen LogP contribution in [-0.4, -0.2) is 9.13 Å². The molecule has 0 N–H and O–H groups in total. The van der Waals surface area contributed by atoms with Gasteiger partial charge < -0.3 is 9.13 Å². The molecule has 9 rings (SSSR count). The Morgan fingerprint density at radius 1 is 0.409 bits per heavy atom. The van der Waals surface area contributed by atoms with Crippen LogP contribution >= 0.6 is 0 Å². The predicted octanol–water partition coefficient (Wildman–Crippen LogP) is 11.0. The van der Waals surface area contributed by atoms with Gasteiger partial charge in [-0.25, -0.2) is 0 Å². The molecule has 44 heavy (non-hydrogen) atoms. The fourth-order valence-electron chi connectivity index (χ4n) is 7.16. The van der Waals surface area contributed by atoms with E-state index in [1.807, 2.05) is 0 Å². The van der Waals surface area contributed by atoms with Crippen molar-refractivity contribution in [1.29, 1.82) is 0 Å². The van der Waals surface area contributed by atoms with Gasteiger partial charge in [0.1, 0.15) is 0 Å². The van der Waals surface area contributed by atoms with Crippen molar-refractivity contribution in [3.05, 3.63) is 163 Å². The molecule has 2 heterocycles. The Balaban J connectivity index is 1.24. The van der Waals surface area contributed by atoms with E-state index < -0.39 is 0 Å². The van der Waals surface area contributed by atoms with Gasteiger partial charge in [-0.3, -0.25) is 0 Å². The maximum atomic E-state index is 2.46. The Labute approximate surface area is 256 Å². The zero-order chi connectivity index (χ0) is 29.0. The second kappa shape index (κ2) is 10.00. The molecule has 8 aromatic rings. The summed E-state index contributed by atoms with van der Waals surface area (Å²) in [6, 6.07) is 53.0. The summed E-state index contributed by atoms with van der Waals surface area (Å²) in [6.45, 7) is 0. The molecule has 208 valence electrons. The van der Waals surface area contributed by atoms with E-state index in [0.29, 0.717) is 0 Å². The average molecular weight is 563 g/mol. The summed E-state index contributed by atoms with van der Waals surface area (Å²) in [7, 11) is 0. The summed E-state index contributed by atoms with van der Waals surface area (Å²) in [4.78, 5) is 0. The Hall–Kier alpha value is -5.60. The minimum atomic E-state index is 1.06. The molecule has 0 atom stereocenters. The number of hydrogen-bond acceptors (Lipinski definition) is 0. The number of benzene rings is 6. The number of fused-ring (bicyclic) bond motifs is 6. The highest BCUT2D eigenvalue weighted by molar-refractivity contribution is 6.10. The molecule has 0 fully saturated rings. The fraction of sp³-hybridized carbons (Fsp3) is 0.0476. The van der Waals surface area contributed by atoms with Gasteiger partial charge in [-0.1, -0.05) is 103 Å². The number of nitrogens with zero attached hydrogens (tertiary/aromatic N) is 2. The highest BCUT2D eigenvalue weighted by Gasteiger charge is 2.20. The van der Waals surface area contributed by atoms with E-state index in [-0.39, 0.29) is 0 Å². The smallest absolute Gasteiger partial charge is 0.0541 e. The highest BCUT2D eigenvalue weighted by Crippen LogP contribution is 2.38. The zero-order valence-corrected chi connectivity index (χ0v) is 24.3. The molecule has 2 heteroatoms. The van der Waals surface area contributed by atoms with Crippen molar-refractivity contribution in [2.45, 2.75) is 12.8 Å². The number of aromatic nitrogens is 2. The van der Waals surface area contributed by atoms with Crippen LogP contribution in [0, 0.1) is 0 Å². The SMILES string of the molecule is C1=Cc2c(c3cc(-c4ccccc4)ccc3n2-c2cccc(-n3c4ccccc4c4cc(-c5ccccc5)ccc43)c2)CC1. The summed E-state index contributed by atoms with van der Waals surface area (Å²) in [5, 5.41) is 3.89. The molecule has 2 aromatic heterocycles. The van der Waals surface area contributed by atoms with E-state index in [4.69, 9.17) is 0 Å². The Kier molecular flexibility index (Phi) is 5.67. The lowest BCUT2D eigenvalue weighted by atomic mass is 9.98. The van der Waals surface area contributed by atoms with E-state index >= 15 is 0 Å². The van der Waals surface area contributed by atoms with E-state index in [0.717, 1.165) is 18.5 Å². The van der Waals surface area contributed by atoms with Gasteiger partial charge in [0.15, 0.2) is 0 Å². The third-order valence-corrected chi connectivity index (χ3v) is 9.18. The van der Waals surface area contributed by atoms with E-state index in [1.54, 1.807) is 0 Å². The van der Waals surface area contributed by atoms with Crippen LogP contribution in [0.1, 0.15) is 17.7 Å². The standard InChI is InChI=1S/C42H30N2/c1-3-12-29(13-4-1)31-22-24-41-37(26-31)35-18-7-9-20-39(35)43(41)33-16-11-17-34(28-33)44-40-21-10-8-19-36(40)38-27-32(23-25-42(38)44)30-14-5-2-6-15-30/h1-7,9-18,20-28H,8,19H2. The van der Waals surface area contributed by atoms with Crippen molar-refractivity contribution in [2.75, 3.05) is 0 Å². The first-order valence-electron chi connectivity index (χ1n) is 15.4. The molecular weight excluding hydrogens is 532 g/mol. The number of allylic oxidation sites excluding steroid dienone is 1. The van der Waals surface area contributed by atoms with Gasteiger partial charge in [0.2, 0.25) is 0 Å². The highest BCUT2D eigenvalue weighted by atomic mass is 15.0. The van der Waals surface area contributed by atoms with Crippen LogP contribution in [0.4, 0.5) is 0 Å². The lowest BCUT2D eigenvalue weighted by Gasteiger charge is -2.15. The van der Waals surface area contributed by atoms with Crippen LogP contribution in [0.15, 0.2) is 152 Å². The minimum absolute atomic E-state index is 1.06. The molecule has 0 bridgehead atoms. The first-order chi connectivity index (χ1) is 21.8. The van der Waals surface area contributed by atoms with Crippen LogP contribution in [0.2, 0.25) is 0 Å². The predicted molar refractivity (Wildman–Crippen MR) is 186 cm³/mol. The quantitative estimate of drug-likeness (QED) is 0.202. The molecule has 0 radical (unpaired) electrons. The third kappa shape index (κ3) is 3.88. The lowest BCUT2D eigenvalue weighted by Crippen LogP contribution is -2.02. The molecule has 6 aromatic carbocycles. The van der Waals surface area contributed by atoms with E-state index in [9.17, 15) is 0 Å². The topological polar surface area (TPSA) is 9.86 Å². The average Bonchev–Trinajstić information content (AvgIpc) is 3.61. The fourth-order valence-corrected chi connectivity index (χ4v) is 7.16. The summed E-state index contributed by atoms with van der Waals surface area (Å²) in [6.07, 6.45) is 6.77. The minimum Gasteiger partial charge on any atom is -0.310 e. The van der Waals surface area contributed by atoms with Gasteiger partial charge in [0, 0.05) is 33.2 Å². The molecule has 0 spiro atoms. The van der Waals surface area contributed by atoms with Crippen LogP contribution in [0.3, 0.4) is 0 Å². The van der Waals surface area contributed by atoms with Crippen LogP contribution in [0.25, 0.3) is 72.4 Å². The summed E-state index contributed by atoms with van der Waals surface area (Å²) in [5.74, 6) is 0. The molecular formula is C42H30N2. The molecule has 0 saturated heterocycles. The first-order valence-corrected chi connectivity index (χ1v) is 15.4. The monoisotopic (exact) mass is 562 g/mol. The van der Waals surface area contributed by atoms with Gasteiger partial charge in [-0.15, -0.1) is 0 Å². The van der Waals surface area contributed by atoms with Crippen molar-refractivity contribution < 1.29 is 0 Å². The van der Waals surface area contributed by atoms with Gasteiger partial charge in [-0.2, -0.15) is 0 Å². The Bertz CT molecular complexity index is 2370. The maximum absolute atomic E-state index is 2.46. The third-order valence-electron chi connectivity index (χ3n) is 9.18. The Morgan fingerprint density at radius 2 is 1.00 bits per heavy atom. The van der Waals surface area contributed by atoms with Gasteiger partial charge in [0.25, 0.3) is 0 Å². The van der Waals surface area contributed by atoms with Crippen molar-refractivity contribution in [2.24, 2.45) is 0 Å². The number of rotatable bonds is 4. The summed E-state index contributed by atoms with van der Waals surface area (Å²) < 4.78 is 4.88. The summed E-state index contributed by atoms with van der Waals surface area (Å²) >= 11 is 0. The van der Waals surface area contributed by atoms with Crippen molar-refractivity contribution in [1.82, 2.24) is 9.13 Å². The molecule has 0 aliphatic heterocycles. The van der Waals surface area contributed by atoms with Crippen LogP contribution in [0.5, 0.6) is 0 Å². The first kappa shape index (κ1) is 24.9. The Morgan fingerprint density at radius 3 is 1.73 bits per heavy atom. The maximum Gasteiger partial charge on any atom is 0.0541 e. The number of aryl methyl sites for hydroxylation is 1. The molecule has 0 saturated carbocycles. The molecule has 1 aliphatic carbocycles. The van der Waals surface area contributed by atoms with E-state index in [2.05, 4.69) is 167 Å². The largest absolute Gasteiger partial charge is 0.310 e. The van der Waals surface area contributed by atoms with Crippen molar-refractivity contribution >= 4 is 38.8 Å².